The Morgan fingerprint density at radius 1 is 1.40 bits per heavy atom. The topological polar surface area (TPSA) is 58.7 Å². The van der Waals surface area contributed by atoms with Gasteiger partial charge in [-0.25, -0.2) is 0 Å². The summed E-state index contributed by atoms with van der Waals surface area (Å²) < 4.78 is 6.04. The summed E-state index contributed by atoms with van der Waals surface area (Å²) in [6.45, 7) is 10.7. The van der Waals surface area contributed by atoms with E-state index in [0.717, 1.165) is 30.1 Å². The summed E-state index contributed by atoms with van der Waals surface area (Å²) in [7, 11) is 0. The molecule has 0 fully saturated rings. The van der Waals surface area contributed by atoms with Gasteiger partial charge in [0.05, 0.1) is 18.3 Å². The highest BCUT2D eigenvalue weighted by atomic mass is 16.5. The van der Waals surface area contributed by atoms with E-state index in [1.807, 2.05) is 18.2 Å². The van der Waals surface area contributed by atoms with Gasteiger partial charge in [-0.2, -0.15) is 0 Å². The number of aliphatic hydroxyl groups is 1. The first-order valence-electron chi connectivity index (χ1n) is 7.28. The van der Waals surface area contributed by atoms with Gasteiger partial charge < -0.3 is 20.5 Å². The van der Waals surface area contributed by atoms with E-state index in [-0.39, 0.29) is 12.1 Å². The lowest BCUT2D eigenvalue weighted by molar-refractivity contribution is 0.104. The summed E-state index contributed by atoms with van der Waals surface area (Å²) in [5.74, 6) is 1.45. The molecule has 1 aromatic rings. The Labute approximate surface area is 121 Å². The maximum absolute atomic E-state index is 9.92. The summed E-state index contributed by atoms with van der Waals surface area (Å²) in [6.07, 6.45) is -0.615. The van der Waals surface area contributed by atoms with Crippen LogP contribution in [0.2, 0.25) is 0 Å². The van der Waals surface area contributed by atoms with Gasteiger partial charge in [0.25, 0.3) is 0 Å². The fraction of sp³-hybridized carbons (Fsp3) is 0.625. The molecule has 0 saturated heterocycles. The van der Waals surface area contributed by atoms with Crippen molar-refractivity contribution in [1.29, 1.82) is 0 Å². The highest BCUT2D eigenvalue weighted by Crippen LogP contribution is 2.38. The second kappa shape index (κ2) is 5.62. The summed E-state index contributed by atoms with van der Waals surface area (Å²) in [4.78, 5) is 2.34. The Morgan fingerprint density at radius 3 is 2.70 bits per heavy atom. The van der Waals surface area contributed by atoms with E-state index in [1.54, 1.807) is 0 Å². The zero-order chi connectivity index (χ0) is 14.9. The molecular formula is C16H26N2O2. The predicted molar refractivity (Wildman–Crippen MR) is 82.2 cm³/mol. The molecule has 4 heteroatoms. The normalized spacial score (nSPS) is 18.6. The molecule has 1 heterocycles. The molecule has 0 radical (unpaired) electrons. The van der Waals surface area contributed by atoms with Gasteiger partial charge in [0, 0.05) is 13.1 Å². The third-order valence-corrected chi connectivity index (χ3v) is 3.48. The maximum atomic E-state index is 9.92. The summed E-state index contributed by atoms with van der Waals surface area (Å²) in [5, 5.41) is 9.92. The highest BCUT2D eigenvalue weighted by molar-refractivity contribution is 5.62. The Hall–Kier alpha value is -1.26. The third-order valence-electron chi connectivity index (χ3n) is 3.48. The Balaban J connectivity index is 2.38. The Bertz CT molecular complexity index is 472. The molecule has 1 atom stereocenters. The number of anilines is 1. The Morgan fingerprint density at radius 2 is 2.10 bits per heavy atom. The zero-order valence-electron chi connectivity index (χ0n) is 12.9. The quantitative estimate of drug-likeness (QED) is 0.887. The van der Waals surface area contributed by atoms with Gasteiger partial charge >= 0.3 is 0 Å². The first-order valence-corrected chi connectivity index (χ1v) is 7.28. The van der Waals surface area contributed by atoms with Crippen molar-refractivity contribution in [3.63, 3.8) is 0 Å². The number of ether oxygens (including phenoxy) is 1. The van der Waals surface area contributed by atoms with Crippen molar-refractivity contribution in [3.05, 3.63) is 23.8 Å². The standard InChI is InChI=1S/C16H26N2O2/c1-11(2)9-18-10-16(3,4)20-15-6-5-12(7-13(15)18)14(19)8-17/h5-7,11,14,19H,8-10,17H2,1-4H3. The van der Waals surface area contributed by atoms with E-state index in [1.165, 1.54) is 0 Å². The van der Waals surface area contributed by atoms with Crippen LogP contribution in [0.15, 0.2) is 18.2 Å². The van der Waals surface area contributed by atoms with Gasteiger partial charge in [-0.05, 0) is 37.5 Å². The van der Waals surface area contributed by atoms with Gasteiger partial charge in [0.2, 0.25) is 0 Å². The van der Waals surface area contributed by atoms with Crippen LogP contribution >= 0.6 is 0 Å². The van der Waals surface area contributed by atoms with E-state index >= 15 is 0 Å². The van der Waals surface area contributed by atoms with Crippen molar-refractivity contribution in [1.82, 2.24) is 0 Å². The summed E-state index contributed by atoms with van der Waals surface area (Å²) in [5.41, 5.74) is 7.25. The van der Waals surface area contributed by atoms with E-state index in [9.17, 15) is 5.11 Å². The smallest absolute Gasteiger partial charge is 0.143 e. The minimum Gasteiger partial charge on any atom is -0.484 e. The average Bonchev–Trinajstić information content (AvgIpc) is 2.35. The van der Waals surface area contributed by atoms with E-state index in [4.69, 9.17) is 10.5 Å². The van der Waals surface area contributed by atoms with Crippen molar-refractivity contribution in [2.45, 2.75) is 39.4 Å². The lowest BCUT2D eigenvalue weighted by Crippen LogP contribution is -2.48. The van der Waals surface area contributed by atoms with Crippen LogP contribution in [0, 0.1) is 5.92 Å². The van der Waals surface area contributed by atoms with E-state index < -0.39 is 6.10 Å². The number of benzene rings is 1. The summed E-state index contributed by atoms with van der Waals surface area (Å²) >= 11 is 0. The van der Waals surface area contributed by atoms with Crippen molar-refractivity contribution in [2.24, 2.45) is 11.7 Å². The average molecular weight is 278 g/mol. The number of nitrogens with two attached hydrogens (primary N) is 1. The molecule has 0 saturated carbocycles. The molecule has 3 N–H and O–H groups in total. The summed E-state index contributed by atoms with van der Waals surface area (Å²) in [6, 6.07) is 5.84. The number of hydrogen-bond acceptors (Lipinski definition) is 4. The number of nitrogens with zero attached hydrogens (tertiary/aromatic N) is 1. The van der Waals surface area contributed by atoms with Gasteiger partial charge in [-0.15, -0.1) is 0 Å². The minimum atomic E-state index is -0.615. The van der Waals surface area contributed by atoms with Gasteiger partial charge in [-0.1, -0.05) is 19.9 Å². The predicted octanol–water partition coefficient (Wildman–Crippen LogP) is 2.31. The largest absolute Gasteiger partial charge is 0.484 e. The van der Waals surface area contributed by atoms with Gasteiger partial charge in [0.1, 0.15) is 11.4 Å². The molecule has 0 amide bonds. The fourth-order valence-corrected chi connectivity index (χ4v) is 2.69. The van der Waals surface area contributed by atoms with Crippen molar-refractivity contribution in [2.75, 3.05) is 24.5 Å². The fourth-order valence-electron chi connectivity index (χ4n) is 2.69. The van der Waals surface area contributed by atoms with Crippen LogP contribution in [-0.4, -0.2) is 30.3 Å². The molecule has 1 aliphatic heterocycles. The van der Waals surface area contributed by atoms with E-state index in [0.29, 0.717) is 5.92 Å². The molecule has 20 heavy (non-hydrogen) atoms. The van der Waals surface area contributed by atoms with Crippen LogP contribution in [0.4, 0.5) is 5.69 Å². The number of rotatable bonds is 4. The molecule has 2 rings (SSSR count). The first-order chi connectivity index (χ1) is 9.32. The minimum absolute atomic E-state index is 0.199. The van der Waals surface area contributed by atoms with Crippen LogP contribution in [-0.2, 0) is 0 Å². The second-order valence-electron chi connectivity index (χ2n) is 6.61. The molecule has 0 aliphatic carbocycles. The second-order valence-corrected chi connectivity index (χ2v) is 6.61. The molecule has 0 spiro atoms. The molecule has 0 bridgehead atoms. The van der Waals surface area contributed by atoms with Gasteiger partial charge in [0.15, 0.2) is 0 Å². The molecule has 0 aromatic heterocycles. The third kappa shape index (κ3) is 3.25. The molecular weight excluding hydrogens is 252 g/mol. The van der Waals surface area contributed by atoms with Crippen LogP contribution in [0.1, 0.15) is 39.4 Å². The van der Waals surface area contributed by atoms with Crippen LogP contribution in [0.3, 0.4) is 0 Å². The molecule has 4 nitrogen and oxygen atoms in total. The van der Waals surface area contributed by atoms with E-state index in [2.05, 4.69) is 32.6 Å². The first kappa shape index (κ1) is 15.1. The lowest BCUT2D eigenvalue weighted by atomic mass is 10.0. The van der Waals surface area contributed by atoms with Crippen molar-refractivity contribution >= 4 is 5.69 Å². The number of fused-ring (bicyclic) bond motifs is 1. The molecule has 1 aromatic carbocycles. The molecule has 112 valence electrons. The van der Waals surface area contributed by atoms with Gasteiger partial charge in [-0.3, -0.25) is 0 Å². The number of hydrogen-bond donors (Lipinski definition) is 2. The maximum Gasteiger partial charge on any atom is 0.143 e. The van der Waals surface area contributed by atoms with Crippen molar-refractivity contribution < 1.29 is 9.84 Å². The molecule has 1 unspecified atom stereocenters. The van der Waals surface area contributed by atoms with Crippen molar-refractivity contribution in [3.8, 4) is 5.75 Å². The zero-order valence-corrected chi connectivity index (χ0v) is 12.9. The SMILES string of the molecule is CC(C)CN1CC(C)(C)Oc2ccc(C(O)CN)cc21. The molecule has 1 aliphatic rings. The van der Waals surface area contributed by atoms with Crippen LogP contribution in [0.5, 0.6) is 5.75 Å². The Kier molecular flexibility index (Phi) is 4.25. The van der Waals surface area contributed by atoms with Crippen LogP contribution < -0.4 is 15.4 Å². The highest BCUT2D eigenvalue weighted by Gasteiger charge is 2.32. The monoisotopic (exact) mass is 278 g/mol. The van der Waals surface area contributed by atoms with Crippen LogP contribution in [0.25, 0.3) is 0 Å². The number of aliphatic hydroxyl groups excluding tert-OH is 1. The lowest BCUT2D eigenvalue weighted by Gasteiger charge is -2.42.